The zero-order valence-corrected chi connectivity index (χ0v) is 9.85. The zero-order chi connectivity index (χ0) is 12.8. The number of benzene rings is 1. The van der Waals surface area contributed by atoms with Crippen LogP contribution in [0.1, 0.15) is 5.56 Å². The van der Waals surface area contributed by atoms with Gasteiger partial charge in [-0.2, -0.15) is 0 Å². The second-order valence-corrected chi connectivity index (χ2v) is 3.92. The van der Waals surface area contributed by atoms with Crippen molar-refractivity contribution in [1.82, 2.24) is 0 Å². The van der Waals surface area contributed by atoms with Crippen LogP contribution in [-0.2, 0) is 14.4 Å². The molecule has 7 heteroatoms. The van der Waals surface area contributed by atoms with E-state index in [4.69, 9.17) is 28.3 Å². The number of carbonyl (C=O) groups is 2. The van der Waals surface area contributed by atoms with E-state index in [9.17, 15) is 9.59 Å². The maximum atomic E-state index is 10.9. The van der Waals surface area contributed by atoms with Gasteiger partial charge in [-0.25, -0.2) is 9.59 Å². The summed E-state index contributed by atoms with van der Waals surface area (Å²) in [5, 5.41) is 12.1. The summed E-state index contributed by atoms with van der Waals surface area (Å²) in [4.78, 5) is 24.7. The maximum absolute atomic E-state index is 10.9. The van der Waals surface area contributed by atoms with Gasteiger partial charge in [0.15, 0.2) is 5.71 Å². The van der Waals surface area contributed by atoms with Crippen LogP contribution in [0.3, 0.4) is 0 Å². The minimum atomic E-state index is -1.41. The Labute approximate surface area is 107 Å². The number of aliphatic carboxylic acids is 1. The molecule has 17 heavy (non-hydrogen) atoms. The van der Waals surface area contributed by atoms with Crippen LogP contribution < -0.4 is 0 Å². The van der Waals surface area contributed by atoms with E-state index in [2.05, 4.69) is 9.99 Å². The van der Waals surface area contributed by atoms with Crippen molar-refractivity contribution in [1.29, 1.82) is 0 Å². The molecular weight excluding hydrogens is 269 g/mol. The summed E-state index contributed by atoms with van der Waals surface area (Å²) in [5.41, 5.74) is -0.110. The lowest BCUT2D eigenvalue weighted by molar-refractivity contribution is -0.141. The van der Waals surface area contributed by atoms with Gasteiger partial charge in [0.2, 0.25) is 4.84 Å². The Bertz CT molecular complexity index is 445. The first-order chi connectivity index (χ1) is 8.02. The summed E-state index contributed by atoms with van der Waals surface area (Å²) in [7, 11) is 0. The molecule has 1 aromatic carbocycles. The Morgan fingerprint density at radius 1 is 1.24 bits per heavy atom. The van der Waals surface area contributed by atoms with Gasteiger partial charge in [-0.05, 0) is 0 Å². The molecule has 0 fully saturated rings. The number of rotatable bonds is 4. The van der Waals surface area contributed by atoms with Crippen LogP contribution in [0.25, 0.3) is 0 Å². The van der Waals surface area contributed by atoms with Crippen LogP contribution in [-0.4, -0.2) is 27.6 Å². The molecule has 0 aliphatic rings. The molecule has 0 unspecified atom stereocenters. The average Bonchev–Trinajstić information content (AvgIpc) is 2.29. The number of hydrogen-bond donors (Lipinski definition) is 1. The number of nitrogens with zero attached hydrogens (tertiary/aromatic N) is 1. The monoisotopic (exact) mass is 275 g/mol. The molecule has 0 spiro atoms. The van der Waals surface area contributed by atoms with Gasteiger partial charge in [-0.15, -0.1) is 0 Å². The molecule has 0 aromatic heterocycles. The van der Waals surface area contributed by atoms with Crippen LogP contribution in [0.2, 0.25) is 0 Å². The predicted molar refractivity (Wildman–Crippen MR) is 62.2 cm³/mol. The van der Waals surface area contributed by atoms with Crippen molar-refractivity contribution in [2.75, 3.05) is 0 Å². The third kappa shape index (κ3) is 4.05. The van der Waals surface area contributed by atoms with Gasteiger partial charge in [-0.1, -0.05) is 58.7 Å². The van der Waals surface area contributed by atoms with Crippen molar-refractivity contribution in [2.24, 2.45) is 5.16 Å². The van der Waals surface area contributed by atoms with Gasteiger partial charge in [-0.3, -0.25) is 0 Å². The largest absolute Gasteiger partial charge is 0.476 e. The molecule has 0 amide bonds. The molecule has 0 aliphatic heterocycles. The van der Waals surface area contributed by atoms with Gasteiger partial charge < -0.3 is 9.94 Å². The average molecular weight is 276 g/mol. The van der Waals surface area contributed by atoms with E-state index in [0.717, 1.165) is 0 Å². The molecule has 0 saturated carbocycles. The van der Waals surface area contributed by atoms with Crippen molar-refractivity contribution >= 4 is 40.9 Å². The minimum absolute atomic E-state index is 0.300. The SMILES string of the molecule is O=C(O)C(=NOC(=O)C(Cl)Cl)c1ccccc1. The number of carboxylic acids is 1. The summed E-state index contributed by atoms with van der Waals surface area (Å²) in [6, 6.07) is 7.99. The van der Waals surface area contributed by atoms with E-state index in [1.165, 1.54) is 12.1 Å². The lowest BCUT2D eigenvalue weighted by atomic mass is 10.1. The molecule has 0 atom stereocenters. The summed E-state index contributed by atoms with van der Waals surface area (Å²) in [5.74, 6) is -2.37. The number of oxime groups is 1. The molecule has 0 bridgehead atoms. The Balaban J connectivity index is 2.92. The van der Waals surface area contributed by atoms with Gasteiger partial charge in [0.05, 0.1) is 0 Å². The topological polar surface area (TPSA) is 76.0 Å². The van der Waals surface area contributed by atoms with Gasteiger partial charge in [0, 0.05) is 5.56 Å². The predicted octanol–water partition coefficient (Wildman–Crippen LogP) is 1.82. The molecule has 1 rings (SSSR count). The van der Waals surface area contributed by atoms with Crippen molar-refractivity contribution < 1.29 is 19.5 Å². The van der Waals surface area contributed by atoms with Crippen LogP contribution in [0.4, 0.5) is 0 Å². The fraction of sp³-hybridized carbons (Fsp3) is 0.100. The molecule has 90 valence electrons. The Kier molecular flexibility index (Phi) is 4.93. The molecule has 0 radical (unpaired) electrons. The quantitative estimate of drug-likeness (QED) is 0.394. The fourth-order valence-corrected chi connectivity index (χ4v) is 1.02. The van der Waals surface area contributed by atoms with E-state index in [-0.39, 0.29) is 0 Å². The highest BCUT2D eigenvalue weighted by Crippen LogP contribution is 2.06. The Morgan fingerprint density at radius 2 is 1.82 bits per heavy atom. The number of halogens is 2. The van der Waals surface area contributed by atoms with E-state index in [0.29, 0.717) is 5.56 Å². The van der Waals surface area contributed by atoms with E-state index in [1.54, 1.807) is 18.2 Å². The van der Waals surface area contributed by atoms with Crippen LogP contribution in [0, 0.1) is 0 Å². The molecule has 0 aliphatic carbocycles. The first kappa shape index (κ1) is 13.5. The first-order valence-electron chi connectivity index (χ1n) is 4.38. The van der Waals surface area contributed by atoms with Crippen LogP contribution >= 0.6 is 23.2 Å². The summed E-state index contributed by atoms with van der Waals surface area (Å²) in [6.07, 6.45) is 0. The number of hydrogen-bond acceptors (Lipinski definition) is 4. The van der Waals surface area contributed by atoms with Crippen molar-refractivity contribution in [3.05, 3.63) is 35.9 Å². The van der Waals surface area contributed by atoms with Crippen molar-refractivity contribution in [2.45, 2.75) is 4.84 Å². The number of carboxylic acid groups (broad SMARTS) is 1. The van der Waals surface area contributed by atoms with Crippen molar-refractivity contribution in [3.63, 3.8) is 0 Å². The summed E-state index contributed by atoms with van der Waals surface area (Å²) < 4.78 is 0. The number of carbonyl (C=O) groups excluding carboxylic acids is 1. The van der Waals surface area contributed by atoms with Crippen molar-refractivity contribution in [3.8, 4) is 0 Å². The third-order valence-electron chi connectivity index (χ3n) is 1.65. The van der Waals surface area contributed by atoms with Crippen LogP contribution in [0.15, 0.2) is 35.5 Å². The fourth-order valence-electron chi connectivity index (χ4n) is 0.942. The molecule has 5 nitrogen and oxygen atoms in total. The Morgan fingerprint density at radius 3 is 2.29 bits per heavy atom. The van der Waals surface area contributed by atoms with Gasteiger partial charge in [0.1, 0.15) is 0 Å². The highest BCUT2D eigenvalue weighted by atomic mass is 35.5. The second kappa shape index (κ2) is 6.22. The van der Waals surface area contributed by atoms with E-state index >= 15 is 0 Å². The smallest absolute Gasteiger partial charge is 0.367 e. The summed E-state index contributed by atoms with van der Waals surface area (Å²) >= 11 is 10.4. The van der Waals surface area contributed by atoms with Gasteiger partial charge >= 0.3 is 11.9 Å². The molecule has 0 saturated heterocycles. The Hall–Kier alpha value is -1.59. The standard InChI is InChI=1S/C10H7Cl2NO4/c11-8(12)10(16)17-13-7(9(14)15)6-4-2-1-3-5-6/h1-5,8H,(H,14,15). The highest BCUT2D eigenvalue weighted by Gasteiger charge is 2.17. The molecule has 1 N–H and O–H groups in total. The normalized spacial score (nSPS) is 11.4. The molecule has 1 aromatic rings. The van der Waals surface area contributed by atoms with E-state index < -0.39 is 22.5 Å². The second-order valence-electron chi connectivity index (χ2n) is 2.82. The first-order valence-corrected chi connectivity index (χ1v) is 5.25. The molecule has 0 heterocycles. The lowest BCUT2D eigenvalue weighted by Crippen LogP contribution is -2.17. The molecular formula is C10H7Cl2NO4. The zero-order valence-electron chi connectivity index (χ0n) is 8.34. The van der Waals surface area contributed by atoms with Gasteiger partial charge in [0.25, 0.3) is 0 Å². The summed E-state index contributed by atoms with van der Waals surface area (Å²) in [6.45, 7) is 0. The lowest BCUT2D eigenvalue weighted by Gasteiger charge is -2.01. The maximum Gasteiger partial charge on any atom is 0.367 e. The van der Waals surface area contributed by atoms with E-state index in [1.807, 2.05) is 0 Å². The third-order valence-corrected chi connectivity index (χ3v) is 2.01. The highest BCUT2D eigenvalue weighted by molar-refractivity contribution is 6.53. The van der Waals surface area contributed by atoms with Crippen LogP contribution in [0.5, 0.6) is 0 Å². The minimum Gasteiger partial charge on any atom is -0.476 e. The number of alkyl halides is 2.